The molecule has 1 rings (SSSR count). The van der Waals surface area contributed by atoms with E-state index in [0.29, 0.717) is 0 Å². The van der Waals surface area contributed by atoms with Gasteiger partial charge in [-0.15, -0.1) is 0 Å². The fourth-order valence-electron chi connectivity index (χ4n) is 3.09. The van der Waals surface area contributed by atoms with Crippen molar-refractivity contribution < 1.29 is 0 Å². The molecule has 0 aromatic rings. The lowest BCUT2D eigenvalue weighted by Crippen LogP contribution is -2.42. The van der Waals surface area contributed by atoms with Gasteiger partial charge < -0.3 is 5.32 Å². The highest BCUT2D eigenvalue weighted by Gasteiger charge is 2.23. The van der Waals surface area contributed by atoms with E-state index in [2.05, 4.69) is 37.9 Å². The van der Waals surface area contributed by atoms with Crippen molar-refractivity contribution in [1.82, 2.24) is 10.2 Å². The van der Waals surface area contributed by atoms with E-state index in [1.54, 1.807) is 0 Å². The average molecular weight is 254 g/mol. The minimum absolute atomic E-state index is 0.743. The van der Waals surface area contributed by atoms with Gasteiger partial charge in [-0.05, 0) is 58.2 Å². The second kappa shape index (κ2) is 8.92. The first-order valence-electron chi connectivity index (χ1n) is 8.11. The SMILES string of the molecule is CCC1CCCCCN1C(C)CCNCC(C)C. The summed E-state index contributed by atoms with van der Waals surface area (Å²) in [6.45, 7) is 13.0. The average Bonchev–Trinajstić information content (AvgIpc) is 2.59. The Labute approximate surface area is 115 Å². The topological polar surface area (TPSA) is 15.3 Å². The molecule has 0 amide bonds. The van der Waals surface area contributed by atoms with Crippen molar-refractivity contribution in [2.75, 3.05) is 19.6 Å². The predicted octanol–water partition coefficient (Wildman–Crippen LogP) is 3.67. The van der Waals surface area contributed by atoms with Crippen molar-refractivity contribution in [3.63, 3.8) is 0 Å². The summed E-state index contributed by atoms with van der Waals surface area (Å²) in [4.78, 5) is 2.78. The number of nitrogens with zero attached hydrogens (tertiary/aromatic N) is 1. The highest BCUT2D eigenvalue weighted by Crippen LogP contribution is 2.22. The molecule has 1 aliphatic rings. The molecule has 18 heavy (non-hydrogen) atoms. The number of nitrogens with one attached hydrogen (secondary N) is 1. The van der Waals surface area contributed by atoms with Crippen LogP contribution in [0.5, 0.6) is 0 Å². The second-order valence-corrected chi connectivity index (χ2v) is 6.38. The van der Waals surface area contributed by atoms with Gasteiger partial charge in [0.15, 0.2) is 0 Å². The van der Waals surface area contributed by atoms with Crippen LogP contribution in [0.4, 0.5) is 0 Å². The Morgan fingerprint density at radius 1 is 1.17 bits per heavy atom. The molecule has 0 saturated carbocycles. The fraction of sp³-hybridized carbons (Fsp3) is 1.00. The molecule has 1 aliphatic heterocycles. The van der Waals surface area contributed by atoms with Crippen LogP contribution in [0.1, 0.15) is 66.2 Å². The van der Waals surface area contributed by atoms with Gasteiger partial charge in [0.2, 0.25) is 0 Å². The zero-order valence-corrected chi connectivity index (χ0v) is 13.0. The smallest absolute Gasteiger partial charge is 0.00954 e. The lowest BCUT2D eigenvalue weighted by Gasteiger charge is -2.35. The van der Waals surface area contributed by atoms with Crippen LogP contribution in [0.25, 0.3) is 0 Å². The van der Waals surface area contributed by atoms with Crippen molar-refractivity contribution in [3.8, 4) is 0 Å². The van der Waals surface area contributed by atoms with E-state index < -0.39 is 0 Å². The molecule has 1 N–H and O–H groups in total. The lowest BCUT2D eigenvalue weighted by molar-refractivity contribution is 0.135. The molecule has 2 unspecified atom stereocenters. The largest absolute Gasteiger partial charge is 0.316 e. The summed E-state index contributed by atoms with van der Waals surface area (Å²) in [5.74, 6) is 0.766. The number of rotatable bonds is 7. The molecule has 1 saturated heterocycles. The molecule has 2 heteroatoms. The van der Waals surface area contributed by atoms with Gasteiger partial charge in [-0.2, -0.15) is 0 Å². The van der Waals surface area contributed by atoms with Crippen molar-refractivity contribution in [1.29, 1.82) is 0 Å². The highest BCUT2D eigenvalue weighted by atomic mass is 15.2. The van der Waals surface area contributed by atoms with Crippen LogP contribution >= 0.6 is 0 Å². The van der Waals surface area contributed by atoms with Crippen molar-refractivity contribution >= 4 is 0 Å². The van der Waals surface area contributed by atoms with E-state index in [9.17, 15) is 0 Å². The van der Waals surface area contributed by atoms with E-state index in [1.807, 2.05) is 0 Å². The summed E-state index contributed by atoms with van der Waals surface area (Å²) in [6, 6.07) is 1.58. The van der Waals surface area contributed by atoms with Gasteiger partial charge in [0.25, 0.3) is 0 Å². The summed E-state index contributed by atoms with van der Waals surface area (Å²) in [5.41, 5.74) is 0. The fourth-order valence-corrected chi connectivity index (χ4v) is 3.09. The van der Waals surface area contributed by atoms with E-state index >= 15 is 0 Å². The predicted molar refractivity (Wildman–Crippen MR) is 81.0 cm³/mol. The molecule has 2 nitrogen and oxygen atoms in total. The Balaban J connectivity index is 2.30. The Morgan fingerprint density at radius 3 is 2.61 bits per heavy atom. The molecule has 2 atom stereocenters. The maximum absolute atomic E-state index is 3.58. The van der Waals surface area contributed by atoms with Gasteiger partial charge in [-0.3, -0.25) is 4.90 Å². The van der Waals surface area contributed by atoms with Gasteiger partial charge in [0.1, 0.15) is 0 Å². The van der Waals surface area contributed by atoms with E-state index in [4.69, 9.17) is 0 Å². The van der Waals surface area contributed by atoms with E-state index in [0.717, 1.165) is 24.5 Å². The monoisotopic (exact) mass is 254 g/mol. The van der Waals surface area contributed by atoms with E-state index in [1.165, 1.54) is 51.6 Å². The number of hydrogen-bond acceptors (Lipinski definition) is 2. The van der Waals surface area contributed by atoms with Gasteiger partial charge in [-0.25, -0.2) is 0 Å². The third kappa shape index (κ3) is 5.71. The van der Waals surface area contributed by atoms with Crippen LogP contribution in [0.3, 0.4) is 0 Å². The maximum atomic E-state index is 3.58. The standard InChI is InChI=1S/C16H34N2/c1-5-16-9-7-6-8-12-18(16)15(4)10-11-17-13-14(2)3/h14-17H,5-13H2,1-4H3. The van der Waals surface area contributed by atoms with Crippen LogP contribution in [0, 0.1) is 5.92 Å². The molecule has 1 fully saturated rings. The number of hydrogen-bond donors (Lipinski definition) is 1. The molecule has 0 aromatic heterocycles. The first-order valence-corrected chi connectivity index (χ1v) is 8.11. The minimum Gasteiger partial charge on any atom is -0.316 e. The summed E-state index contributed by atoms with van der Waals surface area (Å²) in [6.07, 6.45) is 8.31. The number of likely N-dealkylation sites (tertiary alicyclic amines) is 1. The molecule has 0 bridgehead atoms. The molecule has 1 heterocycles. The van der Waals surface area contributed by atoms with Crippen LogP contribution in [-0.2, 0) is 0 Å². The summed E-state index contributed by atoms with van der Waals surface area (Å²) in [7, 11) is 0. The molecular weight excluding hydrogens is 220 g/mol. The zero-order valence-electron chi connectivity index (χ0n) is 13.0. The van der Waals surface area contributed by atoms with Crippen LogP contribution in [-0.4, -0.2) is 36.6 Å². The van der Waals surface area contributed by atoms with Crippen molar-refractivity contribution in [2.45, 2.75) is 78.3 Å². The van der Waals surface area contributed by atoms with Gasteiger partial charge in [-0.1, -0.05) is 33.6 Å². The summed E-state index contributed by atoms with van der Waals surface area (Å²) < 4.78 is 0. The Bertz CT molecular complexity index is 203. The Morgan fingerprint density at radius 2 is 1.94 bits per heavy atom. The molecule has 0 radical (unpaired) electrons. The third-order valence-electron chi connectivity index (χ3n) is 4.25. The molecule has 0 aromatic carbocycles. The summed E-state index contributed by atoms with van der Waals surface area (Å²) in [5, 5.41) is 3.58. The van der Waals surface area contributed by atoms with Gasteiger partial charge in [0, 0.05) is 12.1 Å². The lowest BCUT2D eigenvalue weighted by atomic mass is 10.0. The first kappa shape index (κ1) is 16.0. The highest BCUT2D eigenvalue weighted by molar-refractivity contribution is 4.79. The molecule has 108 valence electrons. The minimum atomic E-state index is 0.743. The molecule has 0 aliphatic carbocycles. The second-order valence-electron chi connectivity index (χ2n) is 6.38. The Kier molecular flexibility index (Phi) is 7.92. The molecular formula is C16H34N2. The van der Waals surface area contributed by atoms with Crippen LogP contribution in [0.2, 0.25) is 0 Å². The van der Waals surface area contributed by atoms with Gasteiger partial charge in [0.05, 0.1) is 0 Å². The van der Waals surface area contributed by atoms with Gasteiger partial charge >= 0.3 is 0 Å². The Hall–Kier alpha value is -0.0800. The quantitative estimate of drug-likeness (QED) is 0.697. The van der Waals surface area contributed by atoms with Crippen LogP contribution in [0.15, 0.2) is 0 Å². The van der Waals surface area contributed by atoms with Crippen LogP contribution < -0.4 is 5.32 Å². The van der Waals surface area contributed by atoms with Crippen molar-refractivity contribution in [3.05, 3.63) is 0 Å². The normalized spacial score (nSPS) is 24.2. The summed E-state index contributed by atoms with van der Waals surface area (Å²) >= 11 is 0. The third-order valence-corrected chi connectivity index (χ3v) is 4.25. The van der Waals surface area contributed by atoms with E-state index in [-0.39, 0.29) is 0 Å². The molecule has 0 spiro atoms. The zero-order chi connectivity index (χ0) is 13.4. The maximum Gasteiger partial charge on any atom is 0.00954 e. The van der Waals surface area contributed by atoms with Crippen molar-refractivity contribution in [2.24, 2.45) is 5.92 Å². The first-order chi connectivity index (χ1) is 8.65.